The highest BCUT2D eigenvalue weighted by Gasteiger charge is 2.22. The van der Waals surface area contributed by atoms with E-state index in [-0.39, 0.29) is 5.41 Å². The Morgan fingerprint density at radius 1 is 1.13 bits per heavy atom. The molecular weight excluding hydrogens is 290 g/mol. The molecule has 0 heterocycles. The molecule has 0 unspecified atom stereocenters. The lowest BCUT2D eigenvalue weighted by molar-refractivity contribution is 0.353. The number of rotatable bonds is 7. The third kappa shape index (κ3) is 5.66. The van der Waals surface area contributed by atoms with E-state index in [2.05, 4.69) is 49.4 Å². The van der Waals surface area contributed by atoms with Crippen LogP contribution in [0.2, 0.25) is 0 Å². The van der Waals surface area contributed by atoms with E-state index < -0.39 is 0 Å². The van der Waals surface area contributed by atoms with Crippen LogP contribution in [0.1, 0.15) is 33.3 Å². The first-order valence-electron chi connectivity index (χ1n) is 8.01. The van der Waals surface area contributed by atoms with E-state index in [0.29, 0.717) is 5.92 Å². The first-order chi connectivity index (χ1) is 10.8. The SMILES string of the molecule is CN=C(NCC(C)C)NCC(C)(C)c1ccc(OC)c(OC)c1. The molecule has 0 bridgehead atoms. The molecule has 5 nitrogen and oxygen atoms in total. The van der Waals surface area contributed by atoms with Crippen molar-refractivity contribution in [1.82, 2.24) is 10.6 Å². The van der Waals surface area contributed by atoms with Gasteiger partial charge in [-0.05, 0) is 23.6 Å². The molecule has 0 fully saturated rings. The first kappa shape index (κ1) is 19.1. The molecule has 0 aliphatic carbocycles. The van der Waals surface area contributed by atoms with Crippen molar-refractivity contribution in [2.45, 2.75) is 33.1 Å². The number of aliphatic imine (C=N–C) groups is 1. The van der Waals surface area contributed by atoms with Gasteiger partial charge in [0.25, 0.3) is 0 Å². The van der Waals surface area contributed by atoms with Crippen molar-refractivity contribution in [1.29, 1.82) is 0 Å². The molecular formula is C18H31N3O2. The number of benzene rings is 1. The maximum Gasteiger partial charge on any atom is 0.191 e. The molecule has 0 aliphatic rings. The van der Waals surface area contributed by atoms with Gasteiger partial charge in [-0.2, -0.15) is 0 Å². The molecule has 5 heteroatoms. The highest BCUT2D eigenvalue weighted by atomic mass is 16.5. The molecule has 2 N–H and O–H groups in total. The summed E-state index contributed by atoms with van der Waals surface area (Å²) in [5.41, 5.74) is 1.11. The minimum absolute atomic E-state index is 0.0744. The van der Waals surface area contributed by atoms with Crippen molar-refractivity contribution in [2.24, 2.45) is 10.9 Å². The molecule has 1 aromatic rings. The number of ether oxygens (including phenoxy) is 2. The fourth-order valence-corrected chi connectivity index (χ4v) is 2.19. The summed E-state index contributed by atoms with van der Waals surface area (Å²) in [4.78, 5) is 4.27. The molecule has 0 atom stereocenters. The van der Waals surface area contributed by atoms with Gasteiger partial charge < -0.3 is 20.1 Å². The Balaban J connectivity index is 2.78. The van der Waals surface area contributed by atoms with Crippen LogP contribution in [0.5, 0.6) is 11.5 Å². The van der Waals surface area contributed by atoms with Crippen molar-refractivity contribution in [3.05, 3.63) is 23.8 Å². The Bertz CT molecular complexity index is 525. The lowest BCUT2D eigenvalue weighted by Crippen LogP contribution is -2.44. The van der Waals surface area contributed by atoms with Crippen LogP contribution in [-0.4, -0.2) is 40.3 Å². The third-order valence-corrected chi connectivity index (χ3v) is 3.76. The quantitative estimate of drug-likeness (QED) is 0.599. The van der Waals surface area contributed by atoms with Crippen LogP contribution in [0.3, 0.4) is 0 Å². The Morgan fingerprint density at radius 2 is 1.78 bits per heavy atom. The maximum atomic E-state index is 5.40. The van der Waals surface area contributed by atoms with Crippen molar-refractivity contribution >= 4 is 5.96 Å². The van der Waals surface area contributed by atoms with Gasteiger partial charge in [-0.3, -0.25) is 4.99 Å². The molecule has 0 amide bonds. The van der Waals surface area contributed by atoms with Crippen LogP contribution in [0.4, 0.5) is 0 Å². The van der Waals surface area contributed by atoms with Crippen LogP contribution in [-0.2, 0) is 5.41 Å². The summed E-state index contributed by atoms with van der Waals surface area (Å²) in [6.07, 6.45) is 0. The number of guanidine groups is 1. The van der Waals surface area contributed by atoms with E-state index in [1.165, 1.54) is 5.56 Å². The van der Waals surface area contributed by atoms with Crippen LogP contribution >= 0.6 is 0 Å². The first-order valence-corrected chi connectivity index (χ1v) is 8.01. The number of hydrogen-bond donors (Lipinski definition) is 2. The van der Waals surface area contributed by atoms with E-state index in [1.54, 1.807) is 21.3 Å². The summed E-state index contributed by atoms with van der Waals surface area (Å²) < 4.78 is 10.7. The van der Waals surface area contributed by atoms with Crippen molar-refractivity contribution in [3.63, 3.8) is 0 Å². The molecule has 1 rings (SSSR count). The number of nitrogens with one attached hydrogen (secondary N) is 2. The van der Waals surface area contributed by atoms with Crippen LogP contribution in [0.25, 0.3) is 0 Å². The minimum atomic E-state index is -0.0744. The second kappa shape index (κ2) is 8.65. The predicted molar refractivity (Wildman–Crippen MR) is 96.8 cm³/mol. The Kier molecular flexibility index (Phi) is 7.20. The van der Waals surface area contributed by atoms with Gasteiger partial charge in [0.2, 0.25) is 0 Å². The van der Waals surface area contributed by atoms with E-state index in [4.69, 9.17) is 9.47 Å². The lowest BCUT2D eigenvalue weighted by atomic mass is 9.84. The van der Waals surface area contributed by atoms with Crippen LogP contribution in [0, 0.1) is 5.92 Å². The topological polar surface area (TPSA) is 54.9 Å². The average Bonchev–Trinajstić information content (AvgIpc) is 2.53. The van der Waals surface area contributed by atoms with Gasteiger partial charge in [0.05, 0.1) is 14.2 Å². The molecule has 0 saturated carbocycles. The molecule has 130 valence electrons. The average molecular weight is 321 g/mol. The number of hydrogen-bond acceptors (Lipinski definition) is 3. The van der Waals surface area contributed by atoms with Crippen molar-refractivity contribution < 1.29 is 9.47 Å². The zero-order chi connectivity index (χ0) is 17.5. The van der Waals surface area contributed by atoms with Crippen molar-refractivity contribution in [2.75, 3.05) is 34.4 Å². The minimum Gasteiger partial charge on any atom is -0.493 e. The zero-order valence-electron chi connectivity index (χ0n) is 15.5. The summed E-state index contributed by atoms with van der Waals surface area (Å²) in [5, 5.41) is 6.72. The normalized spacial score (nSPS) is 12.3. The molecule has 0 saturated heterocycles. The molecule has 1 aromatic carbocycles. The van der Waals surface area contributed by atoms with E-state index in [1.807, 2.05) is 12.1 Å². The second-order valence-electron chi connectivity index (χ2n) is 6.65. The summed E-state index contributed by atoms with van der Waals surface area (Å²) in [7, 11) is 5.10. The summed E-state index contributed by atoms with van der Waals surface area (Å²) in [6, 6.07) is 6.06. The van der Waals surface area contributed by atoms with Gasteiger partial charge in [0, 0.05) is 25.6 Å². The largest absolute Gasteiger partial charge is 0.493 e. The lowest BCUT2D eigenvalue weighted by Gasteiger charge is -2.27. The Labute approximate surface area is 140 Å². The van der Waals surface area contributed by atoms with E-state index in [9.17, 15) is 0 Å². The molecule has 0 aliphatic heterocycles. The summed E-state index contributed by atoms with van der Waals surface area (Å²) in [5.74, 6) is 2.90. The van der Waals surface area contributed by atoms with E-state index >= 15 is 0 Å². The Morgan fingerprint density at radius 3 is 2.30 bits per heavy atom. The van der Waals surface area contributed by atoms with Gasteiger partial charge in [-0.25, -0.2) is 0 Å². The van der Waals surface area contributed by atoms with Crippen LogP contribution < -0.4 is 20.1 Å². The standard InChI is InChI=1S/C18H31N3O2/c1-13(2)11-20-17(19-5)21-12-18(3,4)14-8-9-15(22-6)16(10-14)23-7/h8-10,13H,11-12H2,1-7H3,(H2,19,20,21). The molecule has 0 spiro atoms. The summed E-state index contributed by atoms with van der Waals surface area (Å²) in [6.45, 7) is 10.4. The zero-order valence-corrected chi connectivity index (χ0v) is 15.5. The Hall–Kier alpha value is -1.91. The monoisotopic (exact) mass is 321 g/mol. The van der Waals surface area contributed by atoms with E-state index in [0.717, 1.165) is 30.5 Å². The van der Waals surface area contributed by atoms with Gasteiger partial charge in [0.15, 0.2) is 17.5 Å². The molecule has 0 radical (unpaired) electrons. The third-order valence-electron chi connectivity index (χ3n) is 3.76. The van der Waals surface area contributed by atoms with Gasteiger partial charge in [-0.1, -0.05) is 33.8 Å². The smallest absolute Gasteiger partial charge is 0.191 e. The number of methoxy groups -OCH3 is 2. The fraction of sp³-hybridized carbons (Fsp3) is 0.611. The van der Waals surface area contributed by atoms with Gasteiger partial charge >= 0.3 is 0 Å². The molecule has 23 heavy (non-hydrogen) atoms. The second-order valence-corrected chi connectivity index (χ2v) is 6.65. The maximum absolute atomic E-state index is 5.40. The van der Waals surface area contributed by atoms with Crippen molar-refractivity contribution in [3.8, 4) is 11.5 Å². The van der Waals surface area contributed by atoms with Crippen LogP contribution in [0.15, 0.2) is 23.2 Å². The predicted octanol–water partition coefficient (Wildman–Crippen LogP) is 2.80. The molecule has 0 aromatic heterocycles. The number of nitrogens with zero attached hydrogens (tertiary/aromatic N) is 1. The summed E-state index contributed by atoms with van der Waals surface area (Å²) >= 11 is 0. The van der Waals surface area contributed by atoms with Gasteiger partial charge in [0.1, 0.15) is 0 Å². The highest BCUT2D eigenvalue weighted by Crippen LogP contribution is 2.32. The van der Waals surface area contributed by atoms with Gasteiger partial charge in [-0.15, -0.1) is 0 Å². The highest BCUT2D eigenvalue weighted by molar-refractivity contribution is 5.79. The fourth-order valence-electron chi connectivity index (χ4n) is 2.19.